The zero-order valence-corrected chi connectivity index (χ0v) is 12.9. The minimum atomic E-state index is -0.844. The number of carboxylic acid groups (broad SMARTS) is 1. The molecule has 2 amide bonds. The first-order valence-corrected chi connectivity index (χ1v) is 7.71. The van der Waals surface area contributed by atoms with Gasteiger partial charge in [-0.25, -0.2) is 4.79 Å². The van der Waals surface area contributed by atoms with Crippen molar-refractivity contribution in [3.63, 3.8) is 0 Å². The Kier molecular flexibility index (Phi) is 6.30. The van der Waals surface area contributed by atoms with E-state index >= 15 is 0 Å². The topological polar surface area (TPSA) is 69.6 Å². The molecular formula is C15H28N2O3. The lowest BCUT2D eigenvalue weighted by Crippen LogP contribution is -2.49. The first-order chi connectivity index (χ1) is 9.46. The number of nitrogens with one attached hydrogen (secondary N) is 1. The molecular weight excluding hydrogens is 256 g/mol. The monoisotopic (exact) mass is 284 g/mol. The Labute approximate surface area is 121 Å². The summed E-state index contributed by atoms with van der Waals surface area (Å²) in [7, 11) is 1.81. The molecule has 0 atom stereocenters. The van der Waals surface area contributed by atoms with Crippen molar-refractivity contribution in [2.24, 2.45) is 5.41 Å². The molecule has 20 heavy (non-hydrogen) atoms. The number of urea groups is 1. The van der Waals surface area contributed by atoms with Crippen molar-refractivity contribution in [2.45, 2.75) is 64.8 Å². The van der Waals surface area contributed by atoms with Gasteiger partial charge >= 0.3 is 12.0 Å². The molecule has 5 heteroatoms. The summed E-state index contributed by atoms with van der Waals surface area (Å²) < 4.78 is 0. The van der Waals surface area contributed by atoms with Gasteiger partial charge in [-0.05, 0) is 25.7 Å². The van der Waals surface area contributed by atoms with E-state index in [0.717, 1.165) is 12.8 Å². The molecule has 0 aromatic carbocycles. The first kappa shape index (κ1) is 16.8. The maximum absolute atomic E-state index is 12.2. The number of rotatable bonds is 6. The lowest BCUT2D eigenvalue weighted by atomic mass is 9.82. The van der Waals surface area contributed by atoms with Crippen molar-refractivity contribution in [3.8, 4) is 0 Å². The number of carbonyl (C=O) groups excluding carboxylic acids is 1. The standard InChI is InChI=1S/C15H28N2O3/c1-4-15(5-2,13(18)19)11-16-14(20)17(3)12-9-7-6-8-10-12/h12H,4-11H2,1-3H3,(H,16,20)(H,18,19). The van der Waals surface area contributed by atoms with E-state index in [1.54, 1.807) is 4.90 Å². The van der Waals surface area contributed by atoms with Crippen molar-refractivity contribution in [1.29, 1.82) is 0 Å². The summed E-state index contributed by atoms with van der Waals surface area (Å²) in [5.41, 5.74) is -0.844. The fourth-order valence-corrected chi connectivity index (χ4v) is 2.88. The van der Waals surface area contributed by atoms with Crippen LogP contribution < -0.4 is 5.32 Å². The van der Waals surface area contributed by atoms with E-state index in [9.17, 15) is 14.7 Å². The van der Waals surface area contributed by atoms with Crippen LogP contribution in [0.3, 0.4) is 0 Å². The van der Waals surface area contributed by atoms with Gasteiger partial charge in [-0.3, -0.25) is 4.79 Å². The predicted octanol–water partition coefficient (Wildman–Crippen LogP) is 2.85. The van der Waals surface area contributed by atoms with E-state index in [0.29, 0.717) is 18.9 Å². The maximum atomic E-state index is 12.2. The molecule has 1 aliphatic carbocycles. The minimum Gasteiger partial charge on any atom is -0.481 e. The van der Waals surface area contributed by atoms with Gasteiger partial charge in [-0.2, -0.15) is 0 Å². The highest BCUT2D eigenvalue weighted by atomic mass is 16.4. The third-order valence-corrected chi connectivity index (χ3v) is 4.83. The van der Waals surface area contributed by atoms with Gasteiger partial charge in [-0.1, -0.05) is 33.1 Å². The first-order valence-electron chi connectivity index (χ1n) is 7.71. The second-order valence-electron chi connectivity index (χ2n) is 5.85. The predicted molar refractivity (Wildman–Crippen MR) is 78.7 cm³/mol. The molecule has 0 aliphatic heterocycles. The van der Waals surface area contributed by atoms with Crippen LogP contribution in [0.15, 0.2) is 0 Å². The summed E-state index contributed by atoms with van der Waals surface area (Å²) in [5.74, 6) is -0.830. The molecule has 1 saturated carbocycles. The quantitative estimate of drug-likeness (QED) is 0.788. The minimum absolute atomic E-state index is 0.149. The summed E-state index contributed by atoms with van der Waals surface area (Å²) in [6.07, 6.45) is 6.74. The Bertz CT molecular complexity index is 334. The normalized spacial score (nSPS) is 16.8. The zero-order chi connectivity index (χ0) is 15.2. The molecule has 1 aliphatic rings. The van der Waals surface area contributed by atoms with Crippen molar-refractivity contribution in [3.05, 3.63) is 0 Å². The third-order valence-electron chi connectivity index (χ3n) is 4.83. The molecule has 116 valence electrons. The molecule has 1 fully saturated rings. The van der Waals surface area contributed by atoms with Crippen molar-refractivity contribution in [1.82, 2.24) is 10.2 Å². The second kappa shape index (κ2) is 7.50. The number of hydrogen-bond donors (Lipinski definition) is 2. The maximum Gasteiger partial charge on any atom is 0.317 e. The largest absolute Gasteiger partial charge is 0.481 e. The highest BCUT2D eigenvalue weighted by Gasteiger charge is 2.35. The summed E-state index contributed by atoms with van der Waals surface area (Å²) in [4.78, 5) is 25.3. The highest BCUT2D eigenvalue weighted by Crippen LogP contribution is 2.26. The summed E-state index contributed by atoms with van der Waals surface area (Å²) in [6, 6.07) is 0.149. The molecule has 5 nitrogen and oxygen atoms in total. The SMILES string of the molecule is CCC(CC)(CNC(=O)N(C)C1CCCCC1)C(=O)O. The van der Waals surface area contributed by atoms with Crippen molar-refractivity contribution >= 4 is 12.0 Å². The van der Waals surface area contributed by atoms with Crippen LogP contribution in [0.2, 0.25) is 0 Å². The van der Waals surface area contributed by atoms with Gasteiger partial charge in [-0.15, -0.1) is 0 Å². The van der Waals surface area contributed by atoms with Crippen LogP contribution in [0.1, 0.15) is 58.8 Å². The molecule has 0 aromatic heterocycles. The van der Waals surface area contributed by atoms with Gasteiger partial charge in [0, 0.05) is 19.6 Å². The number of amides is 2. The fraction of sp³-hybridized carbons (Fsp3) is 0.867. The molecule has 0 bridgehead atoms. The van der Waals surface area contributed by atoms with Crippen LogP contribution in [-0.4, -0.2) is 41.6 Å². The van der Waals surface area contributed by atoms with Crippen LogP contribution >= 0.6 is 0 Å². The number of carboxylic acids is 1. The van der Waals surface area contributed by atoms with Crippen molar-refractivity contribution in [2.75, 3.05) is 13.6 Å². The van der Waals surface area contributed by atoms with Crippen LogP contribution in [0.25, 0.3) is 0 Å². The fourth-order valence-electron chi connectivity index (χ4n) is 2.88. The average molecular weight is 284 g/mol. The Morgan fingerprint density at radius 1 is 1.20 bits per heavy atom. The van der Waals surface area contributed by atoms with Crippen LogP contribution in [0.4, 0.5) is 4.79 Å². The van der Waals surface area contributed by atoms with Crippen LogP contribution in [-0.2, 0) is 4.79 Å². The van der Waals surface area contributed by atoms with E-state index < -0.39 is 11.4 Å². The Hall–Kier alpha value is -1.26. The van der Waals surface area contributed by atoms with Gasteiger partial charge in [0.1, 0.15) is 0 Å². The van der Waals surface area contributed by atoms with E-state index in [4.69, 9.17) is 0 Å². The van der Waals surface area contributed by atoms with Crippen LogP contribution in [0, 0.1) is 5.41 Å². The lowest BCUT2D eigenvalue weighted by molar-refractivity contribution is -0.149. The second-order valence-corrected chi connectivity index (χ2v) is 5.85. The van der Waals surface area contributed by atoms with E-state index in [1.807, 2.05) is 20.9 Å². The average Bonchev–Trinajstić information content (AvgIpc) is 2.48. The van der Waals surface area contributed by atoms with E-state index in [1.165, 1.54) is 19.3 Å². The summed E-state index contributed by atoms with van der Waals surface area (Å²) in [5, 5.41) is 12.2. The van der Waals surface area contributed by atoms with Crippen molar-refractivity contribution < 1.29 is 14.7 Å². The highest BCUT2D eigenvalue weighted by molar-refractivity contribution is 5.78. The van der Waals surface area contributed by atoms with Gasteiger partial charge in [0.15, 0.2) is 0 Å². The Balaban J connectivity index is 2.54. The van der Waals surface area contributed by atoms with E-state index in [2.05, 4.69) is 5.32 Å². The third kappa shape index (κ3) is 3.87. The molecule has 0 saturated heterocycles. The molecule has 0 unspecified atom stereocenters. The Morgan fingerprint density at radius 2 is 1.75 bits per heavy atom. The van der Waals surface area contributed by atoms with Crippen LogP contribution in [0.5, 0.6) is 0 Å². The molecule has 0 radical (unpaired) electrons. The molecule has 1 rings (SSSR count). The van der Waals surface area contributed by atoms with Gasteiger partial charge in [0.05, 0.1) is 5.41 Å². The van der Waals surface area contributed by atoms with E-state index in [-0.39, 0.29) is 12.6 Å². The number of aliphatic carboxylic acids is 1. The zero-order valence-electron chi connectivity index (χ0n) is 12.9. The number of carbonyl (C=O) groups is 2. The smallest absolute Gasteiger partial charge is 0.317 e. The lowest BCUT2D eigenvalue weighted by Gasteiger charge is -2.33. The van der Waals surface area contributed by atoms with Gasteiger partial charge in [0.25, 0.3) is 0 Å². The van der Waals surface area contributed by atoms with Gasteiger partial charge in [0.2, 0.25) is 0 Å². The molecule has 0 heterocycles. The number of hydrogen-bond acceptors (Lipinski definition) is 2. The Morgan fingerprint density at radius 3 is 2.20 bits per heavy atom. The number of nitrogens with zero attached hydrogens (tertiary/aromatic N) is 1. The summed E-state index contributed by atoms with van der Waals surface area (Å²) in [6.45, 7) is 3.91. The molecule has 2 N–H and O–H groups in total. The van der Waals surface area contributed by atoms with Gasteiger partial charge < -0.3 is 15.3 Å². The molecule has 0 aromatic rings. The summed E-state index contributed by atoms with van der Waals surface area (Å²) >= 11 is 0. The molecule has 0 spiro atoms.